The van der Waals surface area contributed by atoms with E-state index in [1.165, 1.54) is 33.4 Å². The Morgan fingerprint density at radius 2 is 1.82 bits per heavy atom. The normalized spacial score (nSPS) is 22.2. The third-order valence-corrected chi connectivity index (χ3v) is 11.3. The number of aromatic hydroxyl groups is 1. The van der Waals surface area contributed by atoms with Crippen molar-refractivity contribution in [3.05, 3.63) is 58.8 Å². The van der Waals surface area contributed by atoms with E-state index in [0.29, 0.717) is 34.1 Å². The Balaban J connectivity index is 1.02. The highest BCUT2D eigenvalue weighted by atomic mass is 32.2. The molecule has 7 rings (SSSR count). The molecule has 3 aliphatic rings. The third kappa shape index (κ3) is 5.70. The van der Waals surface area contributed by atoms with Gasteiger partial charge in [0.05, 0.1) is 11.0 Å². The Labute approximate surface area is 284 Å². The monoisotopic (exact) mass is 707 g/mol. The highest BCUT2D eigenvalue weighted by molar-refractivity contribution is 7.92. The zero-order valence-electron chi connectivity index (χ0n) is 27.1. The van der Waals surface area contributed by atoms with Crippen molar-refractivity contribution in [2.45, 2.75) is 38.6 Å². The molecule has 4 aromatic rings. The predicted octanol–water partition coefficient (Wildman–Crippen LogP) is 1.99. The summed E-state index contributed by atoms with van der Waals surface area (Å²) in [5.41, 5.74) is 1.57. The summed E-state index contributed by atoms with van der Waals surface area (Å²) in [6.07, 6.45) is 1.37. The first kappa shape index (κ1) is 33.1. The van der Waals surface area contributed by atoms with E-state index < -0.39 is 51.9 Å². The SMILES string of the molecule is C[C@H]1CN(c2ccc3c(c2)n(C)c(=O)n3C2CCC(=O)NC2=O)CC[C@H]1CC(=O)Nc1ccc2c(F)c(N3CC(=O)NS3(=O)=O)c(O)cc2c1. The van der Waals surface area contributed by atoms with Gasteiger partial charge < -0.3 is 15.3 Å². The first-order valence-electron chi connectivity index (χ1n) is 16.1. The second-order valence-electron chi connectivity index (χ2n) is 13.1. The molecule has 3 atom stereocenters. The van der Waals surface area contributed by atoms with Crippen molar-refractivity contribution in [1.29, 1.82) is 0 Å². The molecule has 0 radical (unpaired) electrons. The molecule has 1 unspecified atom stereocenters. The number of halogens is 1. The molecule has 0 spiro atoms. The number of imide groups is 1. The van der Waals surface area contributed by atoms with Gasteiger partial charge in [-0.1, -0.05) is 6.92 Å². The number of imidazole rings is 1. The summed E-state index contributed by atoms with van der Waals surface area (Å²) >= 11 is 0. The molecule has 17 heteroatoms. The van der Waals surface area contributed by atoms with E-state index in [1.807, 2.05) is 18.2 Å². The van der Waals surface area contributed by atoms with Gasteiger partial charge in [0, 0.05) is 49.7 Å². The van der Waals surface area contributed by atoms with Crippen LogP contribution >= 0.6 is 0 Å². The third-order valence-electron chi connectivity index (χ3n) is 9.87. The predicted molar refractivity (Wildman–Crippen MR) is 181 cm³/mol. The van der Waals surface area contributed by atoms with Crippen LogP contribution in [0.15, 0.2) is 47.3 Å². The molecule has 0 aliphatic carbocycles. The van der Waals surface area contributed by atoms with Gasteiger partial charge in [-0.2, -0.15) is 8.42 Å². The number of hydrogen-bond donors (Lipinski definition) is 4. The number of rotatable bonds is 6. The number of phenols is 1. The second-order valence-corrected chi connectivity index (χ2v) is 14.7. The summed E-state index contributed by atoms with van der Waals surface area (Å²) in [5.74, 6) is -3.43. The van der Waals surface area contributed by atoms with Crippen LogP contribution in [0, 0.1) is 17.7 Å². The van der Waals surface area contributed by atoms with Crippen molar-refractivity contribution in [2.24, 2.45) is 18.9 Å². The molecular formula is C33H34FN7O8S. The van der Waals surface area contributed by atoms with Crippen LogP contribution in [0.5, 0.6) is 5.75 Å². The number of aromatic nitrogens is 2. The minimum atomic E-state index is -4.34. The molecule has 3 aliphatic heterocycles. The molecule has 1 aromatic heterocycles. The highest BCUT2D eigenvalue weighted by Crippen LogP contribution is 2.39. The Hall–Kier alpha value is -5.45. The van der Waals surface area contributed by atoms with Crippen LogP contribution in [0.25, 0.3) is 21.8 Å². The highest BCUT2D eigenvalue weighted by Gasteiger charge is 2.38. The van der Waals surface area contributed by atoms with Gasteiger partial charge in [0.1, 0.15) is 24.0 Å². The lowest BCUT2D eigenvalue weighted by Crippen LogP contribution is -2.44. The van der Waals surface area contributed by atoms with Gasteiger partial charge in [-0.25, -0.2) is 18.2 Å². The molecule has 4 heterocycles. The molecule has 3 aromatic carbocycles. The molecule has 0 bridgehead atoms. The van der Waals surface area contributed by atoms with Gasteiger partial charge in [-0.05, 0) is 72.5 Å². The van der Waals surface area contributed by atoms with Crippen molar-refractivity contribution in [1.82, 2.24) is 19.2 Å². The van der Waals surface area contributed by atoms with Crippen LogP contribution in [0.4, 0.5) is 21.5 Å². The van der Waals surface area contributed by atoms with E-state index >= 15 is 4.39 Å². The van der Waals surface area contributed by atoms with E-state index in [0.717, 1.165) is 12.1 Å². The van der Waals surface area contributed by atoms with Crippen LogP contribution in [0.1, 0.15) is 38.6 Å². The summed E-state index contributed by atoms with van der Waals surface area (Å²) in [5, 5.41) is 15.9. The number of carbonyl (C=O) groups is 4. The summed E-state index contributed by atoms with van der Waals surface area (Å²) in [4.78, 5) is 64.3. The number of hydrogen-bond acceptors (Lipinski definition) is 9. The van der Waals surface area contributed by atoms with Crippen molar-refractivity contribution in [3.63, 3.8) is 0 Å². The van der Waals surface area contributed by atoms with E-state index in [2.05, 4.69) is 22.5 Å². The lowest BCUT2D eigenvalue weighted by molar-refractivity contribution is -0.135. The quantitative estimate of drug-likeness (QED) is 0.217. The molecule has 262 valence electrons. The standard InChI is InChI=1S/C33H34FN7O8S/c1-17-15-39(21-4-6-23-25(14-21)38(2)33(47)41(23)24-7-8-27(43)36-32(24)46)10-9-18(17)13-28(44)35-20-3-5-22-19(11-20)12-26(42)31(30(22)34)40-16-29(45)37-50(40,48)49/h3-6,11-12,14,17-18,24,42H,7-10,13,15-16H2,1-2H3,(H,35,44)(H,37,45)(H,36,43,46)/t17-,18-,24?/m0/s1. The van der Waals surface area contributed by atoms with Crippen molar-refractivity contribution >= 4 is 72.7 Å². The van der Waals surface area contributed by atoms with Gasteiger partial charge in [0.2, 0.25) is 17.7 Å². The molecule has 50 heavy (non-hydrogen) atoms. The van der Waals surface area contributed by atoms with Gasteiger partial charge >= 0.3 is 15.9 Å². The maximum Gasteiger partial charge on any atom is 0.329 e. The zero-order valence-corrected chi connectivity index (χ0v) is 27.9. The number of phenolic OH excluding ortho intramolecular Hbond substituents is 1. The number of nitrogens with one attached hydrogen (secondary N) is 3. The fourth-order valence-electron chi connectivity index (χ4n) is 7.26. The van der Waals surface area contributed by atoms with Crippen LogP contribution in [0.2, 0.25) is 0 Å². The molecular weight excluding hydrogens is 673 g/mol. The Kier molecular flexibility index (Phi) is 8.04. The Morgan fingerprint density at radius 1 is 1.04 bits per heavy atom. The van der Waals surface area contributed by atoms with Crippen LogP contribution in [0.3, 0.4) is 0 Å². The number of anilines is 3. The molecule has 4 N–H and O–H groups in total. The van der Waals surface area contributed by atoms with Crippen LogP contribution < -0.4 is 30.3 Å². The lowest BCUT2D eigenvalue weighted by Gasteiger charge is -2.38. The van der Waals surface area contributed by atoms with E-state index in [4.69, 9.17) is 0 Å². The Bertz CT molecular complexity index is 2300. The number of piperidine rings is 2. The van der Waals surface area contributed by atoms with Gasteiger partial charge in [-0.15, -0.1) is 0 Å². The number of nitrogens with zero attached hydrogens (tertiary/aromatic N) is 4. The zero-order chi connectivity index (χ0) is 35.6. The largest absolute Gasteiger partial charge is 0.506 e. The summed E-state index contributed by atoms with van der Waals surface area (Å²) < 4.78 is 45.1. The second kappa shape index (κ2) is 12.2. The van der Waals surface area contributed by atoms with E-state index in [9.17, 15) is 37.5 Å². The number of amides is 4. The van der Waals surface area contributed by atoms with Gasteiger partial charge in [-0.3, -0.25) is 33.6 Å². The topological polar surface area (TPSA) is 192 Å². The maximum absolute atomic E-state index is 15.4. The van der Waals surface area contributed by atoms with Crippen LogP contribution in [-0.2, 0) is 36.4 Å². The summed E-state index contributed by atoms with van der Waals surface area (Å²) in [6.45, 7) is 2.73. The number of aryl methyl sites for hydroxylation is 1. The van der Waals surface area contributed by atoms with Gasteiger partial charge in [0.15, 0.2) is 5.82 Å². The summed E-state index contributed by atoms with van der Waals surface area (Å²) in [6, 6.07) is 10.4. The lowest BCUT2D eigenvalue weighted by atomic mass is 9.84. The summed E-state index contributed by atoms with van der Waals surface area (Å²) in [7, 11) is -2.69. The number of benzene rings is 3. The first-order valence-corrected chi connectivity index (χ1v) is 17.5. The van der Waals surface area contributed by atoms with Crippen LogP contribution in [-0.4, -0.2) is 65.9 Å². The minimum Gasteiger partial charge on any atom is -0.506 e. The van der Waals surface area contributed by atoms with E-state index in [1.54, 1.807) is 11.8 Å². The fourth-order valence-corrected chi connectivity index (χ4v) is 8.42. The molecule has 15 nitrogen and oxygen atoms in total. The maximum atomic E-state index is 15.4. The average molecular weight is 708 g/mol. The van der Waals surface area contributed by atoms with E-state index in [-0.39, 0.29) is 59.4 Å². The smallest absolute Gasteiger partial charge is 0.329 e. The van der Waals surface area contributed by atoms with Crippen molar-refractivity contribution in [3.8, 4) is 5.75 Å². The minimum absolute atomic E-state index is 0.00265. The number of fused-ring (bicyclic) bond motifs is 2. The molecule has 3 saturated heterocycles. The Morgan fingerprint density at radius 3 is 2.52 bits per heavy atom. The fraction of sp³-hybridized carbons (Fsp3) is 0.364. The average Bonchev–Trinajstić information content (AvgIpc) is 3.46. The number of carbonyl (C=O) groups excluding carboxylic acids is 4. The van der Waals surface area contributed by atoms with Gasteiger partial charge in [0.25, 0.3) is 5.91 Å². The first-order chi connectivity index (χ1) is 23.7. The molecule has 3 fully saturated rings. The van der Waals surface area contributed by atoms with Crippen molar-refractivity contribution in [2.75, 3.05) is 34.2 Å². The molecule has 0 saturated carbocycles. The molecule has 4 amide bonds. The van der Waals surface area contributed by atoms with Crippen molar-refractivity contribution < 1.29 is 37.1 Å².